The van der Waals surface area contributed by atoms with Crippen LogP contribution < -0.4 is 0 Å². The van der Waals surface area contributed by atoms with Gasteiger partial charge in [-0.05, 0) is 44.6 Å². The van der Waals surface area contributed by atoms with Gasteiger partial charge in [0.1, 0.15) is 0 Å². The van der Waals surface area contributed by atoms with E-state index in [1.54, 1.807) is 0 Å². The second-order valence-electron chi connectivity index (χ2n) is 5.84. The molecule has 2 unspecified atom stereocenters. The Kier molecular flexibility index (Phi) is 6.05. The number of aliphatic hydroxyl groups excluding tert-OH is 1. The lowest BCUT2D eigenvalue weighted by Gasteiger charge is -2.24. The van der Waals surface area contributed by atoms with Gasteiger partial charge in [-0.3, -0.25) is 4.68 Å². The summed E-state index contributed by atoms with van der Waals surface area (Å²) in [6, 6.07) is 2.51. The summed E-state index contributed by atoms with van der Waals surface area (Å²) in [4.78, 5) is 0. The highest BCUT2D eigenvalue weighted by molar-refractivity contribution is 5.01. The van der Waals surface area contributed by atoms with Crippen molar-refractivity contribution < 1.29 is 9.84 Å². The Balaban J connectivity index is 1.83. The molecule has 0 aromatic carbocycles. The van der Waals surface area contributed by atoms with Crippen molar-refractivity contribution in [3.8, 4) is 0 Å². The van der Waals surface area contributed by atoms with Gasteiger partial charge in [0.2, 0.25) is 0 Å². The fourth-order valence-electron chi connectivity index (χ4n) is 2.97. The van der Waals surface area contributed by atoms with Gasteiger partial charge in [-0.2, -0.15) is 5.10 Å². The lowest BCUT2D eigenvalue weighted by atomic mass is 10.0. The Morgan fingerprint density at radius 2 is 2.20 bits per heavy atom. The topological polar surface area (TPSA) is 47.3 Å². The fraction of sp³-hybridized carbons (Fsp3) is 0.812. The standard InChI is InChI=1S/C16H28N2O2/c1-3-14(4-2)18-9-8-13(17-18)11-15(19)12-16-7-5-6-10-20-16/h8-9,14-16,19H,3-7,10-12H2,1-2H3. The molecule has 0 aliphatic carbocycles. The highest BCUT2D eigenvalue weighted by Crippen LogP contribution is 2.19. The van der Waals surface area contributed by atoms with Gasteiger partial charge in [0.25, 0.3) is 0 Å². The Morgan fingerprint density at radius 3 is 2.85 bits per heavy atom. The van der Waals surface area contributed by atoms with Crippen LogP contribution >= 0.6 is 0 Å². The predicted molar refractivity (Wildman–Crippen MR) is 79.8 cm³/mol. The number of aromatic nitrogens is 2. The molecule has 2 rings (SSSR count). The lowest BCUT2D eigenvalue weighted by Crippen LogP contribution is -2.26. The summed E-state index contributed by atoms with van der Waals surface area (Å²) in [6.07, 6.45) is 8.95. The zero-order valence-corrected chi connectivity index (χ0v) is 12.8. The summed E-state index contributed by atoms with van der Waals surface area (Å²) < 4.78 is 7.72. The van der Waals surface area contributed by atoms with Crippen LogP contribution in [0.1, 0.15) is 64.1 Å². The van der Waals surface area contributed by atoms with Gasteiger partial charge in [0.15, 0.2) is 0 Å². The molecular formula is C16H28N2O2. The number of hydrogen-bond acceptors (Lipinski definition) is 3. The molecule has 4 heteroatoms. The second kappa shape index (κ2) is 7.79. The van der Waals surface area contributed by atoms with Gasteiger partial charge < -0.3 is 9.84 Å². The molecular weight excluding hydrogens is 252 g/mol. The van der Waals surface area contributed by atoms with E-state index in [2.05, 4.69) is 18.9 Å². The molecule has 0 amide bonds. The molecule has 2 atom stereocenters. The van der Waals surface area contributed by atoms with Crippen molar-refractivity contribution in [1.82, 2.24) is 9.78 Å². The fourth-order valence-corrected chi connectivity index (χ4v) is 2.97. The minimum absolute atomic E-state index is 0.236. The average molecular weight is 280 g/mol. The van der Waals surface area contributed by atoms with Gasteiger partial charge >= 0.3 is 0 Å². The highest BCUT2D eigenvalue weighted by atomic mass is 16.5. The van der Waals surface area contributed by atoms with Crippen LogP contribution in [0.2, 0.25) is 0 Å². The number of hydrogen-bond donors (Lipinski definition) is 1. The molecule has 4 nitrogen and oxygen atoms in total. The molecule has 20 heavy (non-hydrogen) atoms. The summed E-state index contributed by atoms with van der Waals surface area (Å²) in [5.41, 5.74) is 0.986. The lowest BCUT2D eigenvalue weighted by molar-refractivity contribution is -0.0149. The quantitative estimate of drug-likeness (QED) is 0.835. The third kappa shape index (κ3) is 4.32. The summed E-state index contributed by atoms with van der Waals surface area (Å²) >= 11 is 0. The van der Waals surface area contributed by atoms with Crippen LogP contribution in [-0.2, 0) is 11.2 Å². The van der Waals surface area contributed by atoms with Gasteiger partial charge in [-0.15, -0.1) is 0 Å². The van der Waals surface area contributed by atoms with Crippen LogP contribution in [0.15, 0.2) is 12.3 Å². The van der Waals surface area contributed by atoms with Crippen molar-refractivity contribution in [3.05, 3.63) is 18.0 Å². The normalized spacial score (nSPS) is 21.3. The van der Waals surface area contributed by atoms with E-state index < -0.39 is 0 Å². The van der Waals surface area contributed by atoms with Crippen LogP contribution in [-0.4, -0.2) is 33.7 Å². The molecule has 0 saturated carbocycles. The summed E-state index contributed by atoms with van der Waals surface area (Å²) in [5, 5.41) is 14.8. The minimum Gasteiger partial charge on any atom is -0.393 e. The van der Waals surface area contributed by atoms with Crippen molar-refractivity contribution in [1.29, 1.82) is 0 Å². The molecule has 1 aromatic rings. The zero-order chi connectivity index (χ0) is 14.4. The van der Waals surface area contributed by atoms with E-state index >= 15 is 0 Å². The van der Waals surface area contributed by atoms with E-state index in [0.717, 1.165) is 44.4 Å². The van der Waals surface area contributed by atoms with Crippen LogP contribution in [0.5, 0.6) is 0 Å². The van der Waals surface area contributed by atoms with E-state index in [4.69, 9.17) is 4.74 Å². The van der Waals surface area contributed by atoms with Crippen molar-refractivity contribution in [2.75, 3.05) is 6.61 Å². The van der Waals surface area contributed by atoms with Crippen LogP contribution in [0.4, 0.5) is 0 Å². The maximum atomic E-state index is 10.2. The third-order valence-corrected chi connectivity index (χ3v) is 4.23. The Labute approximate surface area is 122 Å². The first-order valence-corrected chi connectivity index (χ1v) is 8.06. The maximum Gasteiger partial charge on any atom is 0.0650 e. The smallest absolute Gasteiger partial charge is 0.0650 e. The summed E-state index contributed by atoms with van der Waals surface area (Å²) in [6.45, 7) is 5.22. The van der Waals surface area contributed by atoms with Gasteiger partial charge in [-0.25, -0.2) is 0 Å². The van der Waals surface area contributed by atoms with Crippen LogP contribution in [0.3, 0.4) is 0 Å². The largest absolute Gasteiger partial charge is 0.393 e. The van der Waals surface area contributed by atoms with E-state index in [1.165, 1.54) is 6.42 Å². The first-order valence-electron chi connectivity index (χ1n) is 8.06. The molecule has 0 radical (unpaired) electrons. The SMILES string of the molecule is CCC(CC)n1ccc(CC(O)CC2CCCCO2)n1. The van der Waals surface area contributed by atoms with Crippen molar-refractivity contribution in [2.45, 2.75) is 77.0 Å². The van der Waals surface area contributed by atoms with E-state index in [-0.39, 0.29) is 12.2 Å². The van der Waals surface area contributed by atoms with Crippen LogP contribution in [0, 0.1) is 0 Å². The number of aliphatic hydroxyl groups is 1. The van der Waals surface area contributed by atoms with Crippen molar-refractivity contribution >= 4 is 0 Å². The first kappa shape index (κ1) is 15.5. The molecule has 2 heterocycles. The second-order valence-corrected chi connectivity index (χ2v) is 5.84. The number of nitrogens with zero attached hydrogens (tertiary/aromatic N) is 2. The molecule has 1 aromatic heterocycles. The van der Waals surface area contributed by atoms with Gasteiger partial charge in [-0.1, -0.05) is 13.8 Å². The van der Waals surface area contributed by atoms with Gasteiger partial charge in [0, 0.05) is 19.2 Å². The van der Waals surface area contributed by atoms with E-state index in [9.17, 15) is 5.11 Å². The molecule has 1 fully saturated rings. The molecule has 1 aliphatic rings. The zero-order valence-electron chi connectivity index (χ0n) is 12.8. The summed E-state index contributed by atoms with van der Waals surface area (Å²) in [7, 11) is 0. The highest BCUT2D eigenvalue weighted by Gasteiger charge is 2.19. The van der Waals surface area contributed by atoms with Crippen LogP contribution in [0.25, 0.3) is 0 Å². The molecule has 1 saturated heterocycles. The Hall–Kier alpha value is -0.870. The monoisotopic (exact) mass is 280 g/mol. The van der Waals surface area contributed by atoms with E-state index in [0.29, 0.717) is 12.5 Å². The first-order chi connectivity index (χ1) is 9.72. The Morgan fingerprint density at radius 1 is 1.40 bits per heavy atom. The van der Waals surface area contributed by atoms with Crippen molar-refractivity contribution in [3.63, 3.8) is 0 Å². The molecule has 114 valence electrons. The third-order valence-electron chi connectivity index (χ3n) is 4.23. The number of ether oxygens (including phenoxy) is 1. The van der Waals surface area contributed by atoms with E-state index in [1.807, 2.05) is 16.9 Å². The predicted octanol–water partition coefficient (Wildman–Crippen LogP) is 3.11. The maximum absolute atomic E-state index is 10.2. The molecule has 1 aliphatic heterocycles. The number of rotatable bonds is 7. The summed E-state index contributed by atoms with van der Waals surface area (Å²) in [5.74, 6) is 0. The molecule has 1 N–H and O–H groups in total. The van der Waals surface area contributed by atoms with Gasteiger partial charge in [0.05, 0.1) is 23.9 Å². The average Bonchev–Trinajstić information content (AvgIpc) is 2.89. The van der Waals surface area contributed by atoms with Crippen molar-refractivity contribution in [2.24, 2.45) is 0 Å². The Bertz CT molecular complexity index is 382. The molecule has 0 bridgehead atoms. The molecule has 0 spiro atoms. The minimum atomic E-state index is -0.344.